The van der Waals surface area contributed by atoms with Gasteiger partial charge in [0.15, 0.2) is 0 Å². The van der Waals surface area contributed by atoms with Gasteiger partial charge in [-0.25, -0.2) is 4.79 Å². The molecule has 1 aromatic carbocycles. The fraction of sp³-hybridized carbons (Fsp3) is 0.556. The highest BCUT2D eigenvalue weighted by molar-refractivity contribution is 6.30. The fourth-order valence-electron chi connectivity index (χ4n) is 3.45. The highest BCUT2D eigenvalue weighted by atomic mass is 35.5. The maximum atomic E-state index is 12.5. The number of nitrogens with one attached hydrogen (secondary N) is 1. The quantitative estimate of drug-likeness (QED) is 0.762. The first-order chi connectivity index (χ1) is 11.5. The van der Waals surface area contributed by atoms with Crippen LogP contribution in [0.3, 0.4) is 0 Å². The SMILES string of the molecule is CC(CC(=O)N1CCC(O)(c2ccc(Cl)cc2)C(C)(C)C1)NC(=O)O. The Hall–Kier alpha value is -1.79. The summed E-state index contributed by atoms with van der Waals surface area (Å²) < 4.78 is 0. The minimum atomic E-state index is -1.14. The van der Waals surface area contributed by atoms with Crippen LogP contribution in [-0.4, -0.2) is 46.2 Å². The summed E-state index contributed by atoms with van der Waals surface area (Å²) in [6, 6.07) is 6.69. The van der Waals surface area contributed by atoms with Crippen LogP contribution in [0.25, 0.3) is 0 Å². The van der Waals surface area contributed by atoms with Crippen LogP contribution in [0.2, 0.25) is 5.02 Å². The Bertz CT molecular complexity index is 647. The summed E-state index contributed by atoms with van der Waals surface area (Å²) in [6.45, 7) is 6.33. The molecule has 0 aromatic heterocycles. The average Bonchev–Trinajstić information content (AvgIpc) is 2.49. The molecule has 6 nitrogen and oxygen atoms in total. The lowest BCUT2D eigenvalue weighted by Gasteiger charge is -2.50. The lowest BCUT2D eigenvalue weighted by Crippen LogP contribution is -2.57. The Morgan fingerprint density at radius 3 is 2.44 bits per heavy atom. The molecule has 7 heteroatoms. The number of nitrogens with zero attached hydrogens (tertiary/aromatic N) is 1. The van der Waals surface area contributed by atoms with Crippen molar-refractivity contribution in [1.29, 1.82) is 0 Å². The van der Waals surface area contributed by atoms with E-state index in [1.807, 2.05) is 26.0 Å². The monoisotopic (exact) mass is 368 g/mol. The molecule has 2 atom stereocenters. The van der Waals surface area contributed by atoms with Gasteiger partial charge in [-0.05, 0) is 31.0 Å². The molecule has 0 spiro atoms. The van der Waals surface area contributed by atoms with E-state index in [2.05, 4.69) is 5.32 Å². The molecule has 2 rings (SSSR count). The predicted molar refractivity (Wildman–Crippen MR) is 95.6 cm³/mol. The summed E-state index contributed by atoms with van der Waals surface area (Å²) in [7, 11) is 0. The number of amides is 2. The van der Waals surface area contributed by atoms with E-state index in [0.29, 0.717) is 24.5 Å². The molecule has 2 unspecified atom stereocenters. The fourth-order valence-corrected chi connectivity index (χ4v) is 3.57. The number of aliphatic hydroxyl groups is 1. The van der Waals surface area contributed by atoms with Crippen molar-refractivity contribution < 1.29 is 19.8 Å². The topological polar surface area (TPSA) is 89.9 Å². The number of halogens is 1. The second-order valence-corrected chi connectivity index (χ2v) is 7.81. The van der Waals surface area contributed by atoms with Crippen molar-refractivity contribution in [3.63, 3.8) is 0 Å². The first-order valence-corrected chi connectivity index (χ1v) is 8.68. The van der Waals surface area contributed by atoms with Gasteiger partial charge in [0.1, 0.15) is 0 Å². The number of hydrogen-bond donors (Lipinski definition) is 3. The van der Waals surface area contributed by atoms with Crippen LogP contribution in [-0.2, 0) is 10.4 Å². The Morgan fingerprint density at radius 2 is 1.92 bits per heavy atom. The molecular formula is C18H25ClN2O4. The zero-order chi connectivity index (χ0) is 18.8. The molecule has 25 heavy (non-hydrogen) atoms. The van der Waals surface area contributed by atoms with Crippen molar-refractivity contribution in [2.45, 2.75) is 45.3 Å². The van der Waals surface area contributed by atoms with E-state index in [1.54, 1.807) is 24.0 Å². The smallest absolute Gasteiger partial charge is 0.404 e. The molecule has 1 aliphatic rings. The number of hydrogen-bond acceptors (Lipinski definition) is 3. The normalized spacial score (nSPS) is 23.8. The number of rotatable bonds is 4. The van der Waals surface area contributed by atoms with E-state index in [9.17, 15) is 14.7 Å². The Kier molecular flexibility index (Phi) is 5.64. The van der Waals surface area contributed by atoms with Gasteiger partial charge in [0, 0.05) is 36.0 Å². The van der Waals surface area contributed by atoms with Gasteiger partial charge in [-0.1, -0.05) is 37.6 Å². The van der Waals surface area contributed by atoms with Crippen LogP contribution in [0.4, 0.5) is 4.79 Å². The zero-order valence-electron chi connectivity index (χ0n) is 14.8. The molecule has 1 aromatic rings. The van der Waals surface area contributed by atoms with E-state index in [1.165, 1.54) is 0 Å². The molecule has 1 aliphatic heterocycles. The van der Waals surface area contributed by atoms with E-state index in [4.69, 9.17) is 16.7 Å². The maximum absolute atomic E-state index is 12.5. The van der Waals surface area contributed by atoms with E-state index >= 15 is 0 Å². The third-order valence-electron chi connectivity index (χ3n) is 4.97. The Morgan fingerprint density at radius 1 is 1.32 bits per heavy atom. The summed E-state index contributed by atoms with van der Waals surface area (Å²) >= 11 is 5.93. The van der Waals surface area contributed by atoms with Crippen molar-refractivity contribution >= 4 is 23.6 Å². The second kappa shape index (κ2) is 7.22. The number of carboxylic acid groups (broad SMARTS) is 1. The molecule has 2 amide bonds. The largest absolute Gasteiger partial charge is 0.465 e. The van der Waals surface area contributed by atoms with Crippen molar-refractivity contribution in [3.05, 3.63) is 34.9 Å². The van der Waals surface area contributed by atoms with Crippen LogP contribution in [0, 0.1) is 5.41 Å². The lowest BCUT2D eigenvalue weighted by molar-refractivity contribution is -0.153. The zero-order valence-corrected chi connectivity index (χ0v) is 15.5. The summed E-state index contributed by atoms with van der Waals surface area (Å²) in [5, 5.41) is 22.9. The van der Waals surface area contributed by atoms with E-state index in [-0.39, 0.29) is 12.3 Å². The molecule has 1 fully saturated rings. The summed E-state index contributed by atoms with van der Waals surface area (Å²) in [5.41, 5.74) is -0.827. The van der Waals surface area contributed by atoms with Gasteiger partial charge in [0.05, 0.1) is 5.60 Å². The van der Waals surface area contributed by atoms with Gasteiger partial charge in [-0.2, -0.15) is 0 Å². The van der Waals surface area contributed by atoms with E-state index in [0.717, 1.165) is 5.56 Å². The van der Waals surface area contributed by atoms with Crippen LogP contribution < -0.4 is 5.32 Å². The number of likely N-dealkylation sites (tertiary alicyclic amines) is 1. The van der Waals surface area contributed by atoms with Gasteiger partial charge in [-0.3, -0.25) is 4.79 Å². The van der Waals surface area contributed by atoms with Crippen molar-refractivity contribution in [1.82, 2.24) is 10.2 Å². The first kappa shape index (κ1) is 19.5. The number of piperidine rings is 1. The molecule has 1 heterocycles. The van der Waals surface area contributed by atoms with Gasteiger partial charge >= 0.3 is 6.09 Å². The number of carbonyl (C=O) groups is 2. The molecule has 3 N–H and O–H groups in total. The summed E-state index contributed by atoms with van der Waals surface area (Å²) in [4.78, 5) is 24.8. The Labute approximate surface area is 152 Å². The molecule has 1 saturated heterocycles. The molecular weight excluding hydrogens is 344 g/mol. The maximum Gasteiger partial charge on any atom is 0.404 e. The lowest BCUT2D eigenvalue weighted by atomic mass is 9.66. The third-order valence-corrected chi connectivity index (χ3v) is 5.23. The second-order valence-electron chi connectivity index (χ2n) is 7.37. The predicted octanol–water partition coefficient (Wildman–Crippen LogP) is 2.83. The third kappa shape index (κ3) is 4.25. The molecule has 0 radical (unpaired) electrons. The van der Waals surface area contributed by atoms with Gasteiger partial charge in [0.25, 0.3) is 0 Å². The van der Waals surface area contributed by atoms with Crippen LogP contribution in [0.15, 0.2) is 24.3 Å². The highest BCUT2D eigenvalue weighted by Crippen LogP contribution is 2.46. The van der Waals surface area contributed by atoms with E-state index < -0.39 is 23.2 Å². The van der Waals surface area contributed by atoms with Crippen molar-refractivity contribution in [2.24, 2.45) is 5.41 Å². The average molecular weight is 369 g/mol. The van der Waals surface area contributed by atoms with Crippen LogP contribution >= 0.6 is 11.6 Å². The standard InChI is InChI=1S/C18H25ClN2O4/c1-12(20-16(23)24)10-15(22)21-9-8-18(25,17(2,3)11-21)13-4-6-14(19)7-5-13/h4-7,12,20,25H,8-11H2,1-3H3,(H,23,24). The number of benzene rings is 1. The minimum Gasteiger partial charge on any atom is -0.465 e. The van der Waals surface area contributed by atoms with Gasteiger partial charge < -0.3 is 20.4 Å². The molecule has 0 bridgehead atoms. The highest BCUT2D eigenvalue weighted by Gasteiger charge is 2.49. The molecule has 138 valence electrons. The number of carbonyl (C=O) groups excluding carboxylic acids is 1. The molecule has 0 aliphatic carbocycles. The summed E-state index contributed by atoms with van der Waals surface area (Å²) in [5.74, 6) is -0.118. The molecule has 0 saturated carbocycles. The first-order valence-electron chi connectivity index (χ1n) is 8.31. The minimum absolute atomic E-state index is 0.0990. The summed E-state index contributed by atoms with van der Waals surface area (Å²) in [6.07, 6.45) is -0.632. The van der Waals surface area contributed by atoms with Crippen molar-refractivity contribution in [3.8, 4) is 0 Å². The van der Waals surface area contributed by atoms with Gasteiger partial charge in [0.2, 0.25) is 5.91 Å². The van der Waals surface area contributed by atoms with Crippen molar-refractivity contribution in [2.75, 3.05) is 13.1 Å². The Balaban J connectivity index is 2.10. The van der Waals surface area contributed by atoms with Crippen LogP contribution in [0.5, 0.6) is 0 Å². The van der Waals surface area contributed by atoms with Crippen LogP contribution in [0.1, 0.15) is 39.2 Å². The van der Waals surface area contributed by atoms with Gasteiger partial charge in [-0.15, -0.1) is 0 Å².